The fourth-order valence-electron chi connectivity index (χ4n) is 3.32. The van der Waals surface area contributed by atoms with Crippen LogP contribution >= 0.6 is 0 Å². The molecule has 3 aromatic rings. The van der Waals surface area contributed by atoms with Gasteiger partial charge in [0.05, 0.1) is 0 Å². The Morgan fingerprint density at radius 3 is 1.07 bits per heavy atom. The molecule has 0 amide bonds. The highest BCUT2D eigenvalue weighted by molar-refractivity contribution is 5.32. The Morgan fingerprint density at radius 2 is 0.786 bits per heavy atom. The molecule has 3 rings (SSSR count). The van der Waals surface area contributed by atoms with Gasteiger partial charge in [0.1, 0.15) is 17.3 Å². The summed E-state index contributed by atoms with van der Waals surface area (Å²) in [5.41, 5.74) is 3.23. The Labute approximate surface area is 244 Å². The summed E-state index contributed by atoms with van der Waals surface area (Å²) >= 11 is 0. The molecule has 2 nitrogen and oxygen atoms in total. The highest BCUT2D eigenvalue weighted by atomic mass is 19.4. The maximum absolute atomic E-state index is 12.5. The van der Waals surface area contributed by atoms with Gasteiger partial charge in [-0.2, -0.15) is 13.2 Å². The Bertz CT molecular complexity index is 1190. The molecule has 0 aliphatic carbocycles. The van der Waals surface area contributed by atoms with Gasteiger partial charge in [-0.3, -0.25) is 0 Å². The normalized spacial score (nSPS) is 12.4. The summed E-state index contributed by atoms with van der Waals surface area (Å²) in [4.78, 5) is 0. The van der Waals surface area contributed by atoms with Crippen LogP contribution < -0.4 is 9.47 Å². The number of benzene rings is 3. The number of hydrogen-bond acceptors (Lipinski definition) is 2. The molecule has 0 aromatic heterocycles. The van der Waals surface area contributed by atoms with Gasteiger partial charge in [0, 0.05) is 0 Å². The van der Waals surface area contributed by atoms with Crippen molar-refractivity contribution in [2.45, 2.75) is 91.1 Å². The van der Waals surface area contributed by atoms with Crippen molar-refractivity contribution in [2.75, 3.05) is 6.61 Å². The van der Waals surface area contributed by atoms with E-state index in [0.717, 1.165) is 11.1 Å². The molecule has 0 aliphatic heterocycles. The van der Waals surface area contributed by atoms with E-state index in [1.165, 1.54) is 29.8 Å². The van der Waals surface area contributed by atoms with Crippen molar-refractivity contribution in [3.05, 3.63) is 95.3 Å². The molecule has 234 valence electrons. The highest BCUT2D eigenvalue weighted by Crippen LogP contribution is 2.28. The van der Waals surface area contributed by atoms with Crippen molar-refractivity contribution in [1.82, 2.24) is 0 Å². The number of halogens is 7. The lowest BCUT2D eigenvalue weighted by molar-refractivity contribution is -0.274. The molecular weight excluding hydrogens is 561 g/mol. The molecule has 0 fully saturated rings. The summed E-state index contributed by atoms with van der Waals surface area (Å²) in [7, 11) is 0. The van der Waals surface area contributed by atoms with Crippen LogP contribution in [0.5, 0.6) is 11.5 Å². The van der Waals surface area contributed by atoms with E-state index in [2.05, 4.69) is 30.2 Å². The third kappa shape index (κ3) is 15.1. The van der Waals surface area contributed by atoms with Crippen molar-refractivity contribution in [3.63, 3.8) is 0 Å². The van der Waals surface area contributed by atoms with Gasteiger partial charge in [0.15, 0.2) is 6.61 Å². The first-order valence-corrected chi connectivity index (χ1v) is 13.3. The van der Waals surface area contributed by atoms with Crippen LogP contribution in [-0.4, -0.2) is 19.1 Å². The molecule has 9 heteroatoms. The topological polar surface area (TPSA) is 18.5 Å². The number of hydrogen-bond donors (Lipinski definition) is 0. The van der Waals surface area contributed by atoms with Crippen molar-refractivity contribution >= 4 is 0 Å². The second kappa shape index (κ2) is 14.3. The fraction of sp³-hybridized carbons (Fsp3) is 0.455. The van der Waals surface area contributed by atoms with Gasteiger partial charge in [0.25, 0.3) is 0 Å². The standard InChI is InChI=1S/C12H15F3O.C11H13F3O.C10H13F/c1-11(2,3)9-4-6-10(7-5-9)16-8-12(13,14)15;1-10(2,3)8-4-6-9(7-5-8)15-11(12,13)14;1-10(2,3)8-4-6-9(11)7-5-8/h4-7H,8H2,1-3H3;4-7H,1-3H3;4-7H,1-3H3. The van der Waals surface area contributed by atoms with Crippen LogP contribution in [0.25, 0.3) is 0 Å². The molecule has 0 saturated carbocycles. The van der Waals surface area contributed by atoms with Gasteiger partial charge in [-0.1, -0.05) is 98.7 Å². The Kier molecular flexibility index (Phi) is 12.5. The first kappa shape index (κ1) is 36.8. The van der Waals surface area contributed by atoms with Crippen molar-refractivity contribution in [1.29, 1.82) is 0 Å². The average Bonchev–Trinajstić information content (AvgIpc) is 2.81. The van der Waals surface area contributed by atoms with E-state index in [0.29, 0.717) is 0 Å². The van der Waals surface area contributed by atoms with Gasteiger partial charge in [-0.15, -0.1) is 13.2 Å². The van der Waals surface area contributed by atoms with E-state index in [1.807, 2.05) is 53.7 Å². The molecular formula is C33H41F7O2. The van der Waals surface area contributed by atoms with Crippen LogP contribution in [0.4, 0.5) is 30.7 Å². The summed E-state index contributed by atoms with van der Waals surface area (Å²) in [6.07, 6.45) is -8.91. The van der Waals surface area contributed by atoms with E-state index in [-0.39, 0.29) is 33.6 Å². The molecule has 0 bridgehead atoms. The zero-order valence-electron chi connectivity index (χ0n) is 25.6. The predicted octanol–water partition coefficient (Wildman–Crippen LogP) is 10.9. The van der Waals surface area contributed by atoms with Crippen LogP contribution in [0.3, 0.4) is 0 Å². The molecule has 0 radical (unpaired) electrons. The van der Waals surface area contributed by atoms with Crippen molar-refractivity contribution in [2.24, 2.45) is 0 Å². The second-order valence-corrected chi connectivity index (χ2v) is 12.8. The van der Waals surface area contributed by atoms with E-state index in [1.54, 1.807) is 36.4 Å². The number of rotatable bonds is 3. The molecule has 0 saturated heterocycles. The Morgan fingerprint density at radius 1 is 0.476 bits per heavy atom. The fourth-order valence-corrected chi connectivity index (χ4v) is 3.32. The van der Waals surface area contributed by atoms with E-state index in [9.17, 15) is 30.7 Å². The maximum Gasteiger partial charge on any atom is 0.573 e. The van der Waals surface area contributed by atoms with Crippen LogP contribution in [0.2, 0.25) is 0 Å². The van der Waals surface area contributed by atoms with Crippen LogP contribution in [0.1, 0.15) is 79.0 Å². The Hall–Kier alpha value is -3.23. The minimum atomic E-state index is -4.62. The highest BCUT2D eigenvalue weighted by Gasteiger charge is 2.31. The molecule has 0 heterocycles. The zero-order chi connectivity index (χ0) is 32.6. The van der Waals surface area contributed by atoms with Crippen molar-refractivity contribution in [3.8, 4) is 11.5 Å². The smallest absolute Gasteiger partial charge is 0.484 e. The minimum absolute atomic E-state index is 0.0114. The summed E-state index contributed by atoms with van der Waals surface area (Å²) in [5.74, 6) is -0.112. The maximum atomic E-state index is 12.5. The van der Waals surface area contributed by atoms with Gasteiger partial charge in [0.2, 0.25) is 0 Å². The predicted molar refractivity (Wildman–Crippen MR) is 154 cm³/mol. The van der Waals surface area contributed by atoms with Gasteiger partial charge in [-0.05, 0) is 69.3 Å². The summed E-state index contributed by atoms with van der Waals surface area (Å²) in [5, 5.41) is 0. The van der Waals surface area contributed by atoms with E-state index < -0.39 is 19.1 Å². The van der Waals surface area contributed by atoms with Crippen LogP contribution in [-0.2, 0) is 16.2 Å². The molecule has 0 N–H and O–H groups in total. The Balaban J connectivity index is 0.000000320. The van der Waals surface area contributed by atoms with Crippen LogP contribution in [0, 0.1) is 5.82 Å². The number of alkyl halides is 6. The quantitative estimate of drug-likeness (QED) is 0.278. The monoisotopic (exact) mass is 602 g/mol. The number of ether oxygens (including phenoxy) is 2. The first-order chi connectivity index (χ1) is 18.9. The minimum Gasteiger partial charge on any atom is -0.484 e. The summed E-state index contributed by atoms with van der Waals surface area (Å²) in [6.45, 7) is 17.2. The molecule has 0 unspecified atom stereocenters. The molecule has 0 aliphatic rings. The molecule has 0 spiro atoms. The summed E-state index contributed by atoms with van der Waals surface area (Å²) in [6, 6.07) is 19.3. The third-order valence-corrected chi connectivity index (χ3v) is 5.79. The van der Waals surface area contributed by atoms with E-state index >= 15 is 0 Å². The second-order valence-electron chi connectivity index (χ2n) is 12.8. The van der Waals surface area contributed by atoms with Gasteiger partial charge < -0.3 is 9.47 Å². The first-order valence-electron chi connectivity index (χ1n) is 13.3. The zero-order valence-corrected chi connectivity index (χ0v) is 25.6. The molecule has 42 heavy (non-hydrogen) atoms. The summed E-state index contributed by atoms with van der Waals surface area (Å²) < 4.78 is 92.1. The third-order valence-electron chi connectivity index (χ3n) is 5.79. The lowest BCUT2D eigenvalue weighted by Crippen LogP contribution is -2.19. The van der Waals surface area contributed by atoms with Gasteiger partial charge in [-0.25, -0.2) is 4.39 Å². The van der Waals surface area contributed by atoms with Gasteiger partial charge >= 0.3 is 12.5 Å². The lowest BCUT2D eigenvalue weighted by Gasteiger charge is -2.19. The SMILES string of the molecule is CC(C)(C)c1ccc(F)cc1.CC(C)(C)c1ccc(OC(F)(F)F)cc1.CC(C)(C)c1ccc(OCC(F)(F)F)cc1. The van der Waals surface area contributed by atoms with Crippen molar-refractivity contribution < 1.29 is 40.2 Å². The molecule has 0 atom stereocenters. The molecule has 3 aromatic carbocycles. The largest absolute Gasteiger partial charge is 0.573 e. The average molecular weight is 603 g/mol. The van der Waals surface area contributed by atoms with Crippen LogP contribution in [0.15, 0.2) is 72.8 Å². The lowest BCUT2D eigenvalue weighted by atomic mass is 9.87. The van der Waals surface area contributed by atoms with E-state index in [4.69, 9.17) is 0 Å².